The molecule has 0 saturated carbocycles. The van der Waals surface area contributed by atoms with Crippen LogP contribution >= 0.6 is 0 Å². The van der Waals surface area contributed by atoms with Crippen molar-refractivity contribution in [3.05, 3.63) is 42.0 Å². The molecular weight excluding hydrogens is 300 g/mol. The molecule has 2 amide bonds. The monoisotopic (exact) mass is 318 g/mol. The number of anilines is 1. The highest BCUT2D eigenvalue weighted by molar-refractivity contribution is 5.90. The Bertz CT molecular complexity index is 680. The summed E-state index contributed by atoms with van der Waals surface area (Å²) in [6, 6.07) is 9.31. The molecule has 7 nitrogen and oxygen atoms in total. The predicted molar refractivity (Wildman–Crippen MR) is 85.2 cm³/mol. The normalized spacial score (nSPS) is 10.1. The van der Waals surface area contributed by atoms with E-state index < -0.39 is 23.3 Å². The van der Waals surface area contributed by atoms with Gasteiger partial charge in [-0.15, -0.1) is 0 Å². The number of urea groups is 1. The van der Waals surface area contributed by atoms with Crippen LogP contribution in [0.25, 0.3) is 0 Å². The number of amides is 2. The van der Waals surface area contributed by atoms with Gasteiger partial charge in [0.2, 0.25) is 0 Å². The van der Waals surface area contributed by atoms with Crippen LogP contribution in [-0.2, 0) is 6.42 Å². The van der Waals surface area contributed by atoms with Crippen molar-refractivity contribution in [2.75, 3.05) is 19.0 Å². The molecule has 0 unspecified atom stereocenters. The van der Waals surface area contributed by atoms with Gasteiger partial charge in [0.1, 0.15) is 5.75 Å². The fourth-order valence-electron chi connectivity index (χ4n) is 2.00. The van der Waals surface area contributed by atoms with Gasteiger partial charge in [-0.05, 0) is 24.1 Å². The quantitative estimate of drug-likeness (QED) is 0.428. The van der Waals surface area contributed by atoms with Crippen LogP contribution in [0, 0.1) is 0 Å². The summed E-state index contributed by atoms with van der Waals surface area (Å²) < 4.78 is 5.13. The number of ether oxygens (including phenoxy) is 1. The van der Waals surface area contributed by atoms with Gasteiger partial charge >= 0.3 is 6.03 Å². The summed E-state index contributed by atoms with van der Waals surface area (Å²) in [6.45, 7) is 0.398. The number of benzene rings is 2. The molecule has 0 heterocycles. The van der Waals surface area contributed by atoms with E-state index in [2.05, 4.69) is 10.6 Å². The van der Waals surface area contributed by atoms with Gasteiger partial charge in [0.15, 0.2) is 17.2 Å². The fourth-order valence-corrected chi connectivity index (χ4v) is 2.00. The number of aromatic hydroxyl groups is 3. The van der Waals surface area contributed by atoms with Crippen molar-refractivity contribution < 1.29 is 24.9 Å². The third-order valence-corrected chi connectivity index (χ3v) is 3.16. The smallest absolute Gasteiger partial charge is 0.319 e. The van der Waals surface area contributed by atoms with Crippen molar-refractivity contribution in [1.29, 1.82) is 0 Å². The molecule has 0 radical (unpaired) electrons. The van der Waals surface area contributed by atoms with E-state index in [1.165, 1.54) is 0 Å². The van der Waals surface area contributed by atoms with Crippen LogP contribution in [0.4, 0.5) is 10.5 Å². The number of carbonyl (C=O) groups is 1. The summed E-state index contributed by atoms with van der Waals surface area (Å²) in [6.07, 6.45) is 0.622. The Balaban J connectivity index is 1.85. The Morgan fingerprint density at radius 1 is 1.13 bits per heavy atom. The number of phenolic OH excluding ortho intramolecular Hbond substituents is 3. The van der Waals surface area contributed by atoms with Crippen molar-refractivity contribution in [3.8, 4) is 23.0 Å². The molecule has 0 spiro atoms. The summed E-state index contributed by atoms with van der Waals surface area (Å²) in [5.41, 5.74) is 1.18. The van der Waals surface area contributed by atoms with Crippen LogP contribution in [0.1, 0.15) is 5.56 Å². The number of phenols is 3. The highest BCUT2D eigenvalue weighted by atomic mass is 16.5. The minimum atomic E-state index is -0.631. The number of rotatable bonds is 5. The lowest BCUT2D eigenvalue weighted by atomic mass is 10.1. The zero-order valence-corrected chi connectivity index (χ0v) is 12.5. The van der Waals surface area contributed by atoms with Crippen LogP contribution in [0.3, 0.4) is 0 Å². The number of hydrogen-bond acceptors (Lipinski definition) is 5. The molecule has 0 atom stereocenters. The second-order valence-electron chi connectivity index (χ2n) is 4.85. The first-order chi connectivity index (χ1) is 11.0. The third kappa shape index (κ3) is 4.44. The Morgan fingerprint density at radius 3 is 2.48 bits per heavy atom. The zero-order chi connectivity index (χ0) is 16.8. The predicted octanol–water partition coefficient (Wildman–Crippen LogP) is 2.18. The molecule has 2 aromatic carbocycles. The number of methoxy groups -OCH3 is 1. The van der Waals surface area contributed by atoms with Crippen LogP contribution in [-0.4, -0.2) is 35.0 Å². The molecule has 23 heavy (non-hydrogen) atoms. The van der Waals surface area contributed by atoms with Crippen molar-refractivity contribution in [2.24, 2.45) is 0 Å². The minimum absolute atomic E-state index is 0.164. The maximum atomic E-state index is 11.8. The second-order valence-corrected chi connectivity index (χ2v) is 4.85. The topological polar surface area (TPSA) is 111 Å². The number of hydrogen-bond donors (Lipinski definition) is 5. The first-order valence-electron chi connectivity index (χ1n) is 6.92. The standard InChI is InChI=1S/C16H18N2O5/c1-23-12-4-2-3-10(7-12)5-6-17-16(22)18-11-8-13(19)15(21)14(20)9-11/h2-4,7-9,19-21H,5-6H2,1H3,(H2,17,18,22). The van der Waals surface area contributed by atoms with Gasteiger partial charge in [-0.1, -0.05) is 12.1 Å². The first kappa shape index (κ1) is 16.3. The third-order valence-electron chi connectivity index (χ3n) is 3.16. The van der Waals surface area contributed by atoms with Crippen LogP contribution in [0.15, 0.2) is 36.4 Å². The van der Waals surface area contributed by atoms with Gasteiger partial charge in [-0.3, -0.25) is 0 Å². The van der Waals surface area contributed by atoms with E-state index in [9.17, 15) is 20.1 Å². The average molecular weight is 318 g/mol. The Labute approximate surface area is 133 Å². The lowest BCUT2D eigenvalue weighted by Gasteiger charge is -2.10. The van der Waals surface area contributed by atoms with E-state index in [4.69, 9.17) is 4.74 Å². The number of carbonyl (C=O) groups excluding carboxylic acids is 1. The first-order valence-corrected chi connectivity index (χ1v) is 6.92. The van der Waals surface area contributed by atoms with Gasteiger partial charge in [-0.2, -0.15) is 0 Å². The highest BCUT2D eigenvalue weighted by Gasteiger charge is 2.10. The lowest BCUT2D eigenvalue weighted by Crippen LogP contribution is -2.30. The largest absolute Gasteiger partial charge is 0.504 e. The molecule has 5 N–H and O–H groups in total. The molecule has 122 valence electrons. The highest BCUT2D eigenvalue weighted by Crippen LogP contribution is 2.37. The Morgan fingerprint density at radius 2 is 1.83 bits per heavy atom. The van der Waals surface area contributed by atoms with Crippen molar-refractivity contribution >= 4 is 11.7 Å². The Kier molecular flexibility index (Phi) is 5.14. The van der Waals surface area contributed by atoms with Crippen molar-refractivity contribution in [2.45, 2.75) is 6.42 Å². The van der Waals surface area contributed by atoms with E-state index >= 15 is 0 Å². The summed E-state index contributed by atoms with van der Waals surface area (Å²) >= 11 is 0. The molecule has 0 aliphatic carbocycles. The molecule has 0 aliphatic rings. The Hall–Kier alpha value is -3.09. The second kappa shape index (κ2) is 7.26. The summed E-state index contributed by atoms with van der Waals surface area (Å²) in [5, 5.41) is 33.1. The fraction of sp³-hybridized carbons (Fsp3) is 0.188. The van der Waals surface area contributed by atoms with E-state index in [1.54, 1.807) is 7.11 Å². The van der Waals surface area contributed by atoms with Gasteiger partial charge in [-0.25, -0.2) is 4.79 Å². The lowest BCUT2D eigenvalue weighted by molar-refractivity contribution is 0.252. The molecule has 7 heteroatoms. The van der Waals surface area contributed by atoms with Gasteiger partial charge in [0.05, 0.1) is 12.8 Å². The maximum absolute atomic E-state index is 11.8. The molecule has 2 rings (SSSR count). The van der Waals surface area contributed by atoms with E-state index in [-0.39, 0.29) is 5.69 Å². The molecule has 0 bridgehead atoms. The summed E-state index contributed by atoms with van der Waals surface area (Å²) in [4.78, 5) is 11.8. The van der Waals surface area contributed by atoms with E-state index in [0.717, 1.165) is 23.4 Å². The van der Waals surface area contributed by atoms with Gasteiger partial charge in [0.25, 0.3) is 0 Å². The minimum Gasteiger partial charge on any atom is -0.504 e. The van der Waals surface area contributed by atoms with Crippen LogP contribution in [0.2, 0.25) is 0 Å². The molecule has 2 aromatic rings. The van der Waals surface area contributed by atoms with Crippen LogP contribution < -0.4 is 15.4 Å². The van der Waals surface area contributed by atoms with Crippen molar-refractivity contribution in [1.82, 2.24) is 5.32 Å². The SMILES string of the molecule is COc1cccc(CCNC(=O)Nc2cc(O)c(O)c(O)c2)c1. The van der Waals surface area contributed by atoms with Gasteiger partial charge in [0, 0.05) is 18.7 Å². The molecule has 0 saturated heterocycles. The summed E-state index contributed by atoms with van der Waals surface area (Å²) in [5.74, 6) is -0.913. The summed E-state index contributed by atoms with van der Waals surface area (Å²) in [7, 11) is 1.59. The molecule has 0 aliphatic heterocycles. The van der Waals surface area contributed by atoms with Gasteiger partial charge < -0.3 is 30.7 Å². The molecule has 0 fully saturated rings. The molecular formula is C16H18N2O5. The van der Waals surface area contributed by atoms with Crippen molar-refractivity contribution in [3.63, 3.8) is 0 Å². The average Bonchev–Trinajstić information content (AvgIpc) is 2.52. The zero-order valence-electron chi connectivity index (χ0n) is 12.5. The maximum Gasteiger partial charge on any atom is 0.319 e. The van der Waals surface area contributed by atoms with Crippen LogP contribution in [0.5, 0.6) is 23.0 Å². The van der Waals surface area contributed by atoms with E-state index in [1.807, 2.05) is 24.3 Å². The van der Waals surface area contributed by atoms with E-state index in [0.29, 0.717) is 13.0 Å². The molecule has 0 aromatic heterocycles. The number of nitrogens with one attached hydrogen (secondary N) is 2.